The molecule has 6 nitrogen and oxygen atoms in total. The SMILES string of the molecule is COc1cc(OC)cc(-n2cc(COC/C=C(\C)CCC=C(C)C)nn2)c1. The van der Waals surface area contributed by atoms with Crippen molar-refractivity contribution >= 4 is 0 Å². The van der Waals surface area contributed by atoms with Gasteiger partial charge in [-0.2, -0.15) is 0 Å². The van der Waals surface area contributed by atoms with E-state index < -0.39 is 0 Å². The molecule has 2 rings (SSSR count). The molecule has 1 heterocycles. The van der Waals surface area contributed by atoms with E-state index in [0.717, 1.165) is 24.2 Å². The van der Waals surface area contributed by atoms with E-state index in [2.05, 4.69) is 43.2 Å². The minimum atomic E-state index is 0.416. The van der Waals surface area contributed by atoms with E-state index >= 15 is 0 Å². The van der Waals surface area contributed by atoms with Gasteiger partial charge in [0.2, 0.25) is 0 Å². The Hall–Kier alpha value is -2.60. The molecule has 2 aromatic rings. The third-order valence-corrected chi connectivity index (χ3v) is 4.03. The Morgan fingerprint density at radius 3 is 2.37 bits per heavy atom. The number of methoxy groups -OCH3 is 2. The fourth-order valence-corrected chi connectivity index (χ4v) is 2.47. The zero-order valence-corrected chi connectivity index (χ0v) is 16.9. The third-order valence-electron chi connectivity index (χ3n) is 4.03. The van der Waals surface area contributed by atoms with Crippen molar-refractivity contribution in [2.45, 2.75) is 40.2 Å². The number of hydrogen-bond acceptors (Lipinski definition) is 5. The predicted octanol–water partition coefficient (Wildman–Crippen LogP) is 4.49. The molecule has 0 aliphatic rings. The van der Waals surface area contributed by atoms with Crippen LogP contribution in [0.1, 0.15) is 39.3 Å². The summed E-state index contributed by atoms with van der Waals surface area (Å²) in [5, 5.41) is 8.33. The first-order valence-corrected chi connectivity index (χ1v) is 9.03. The average Bonchev–Trinajstić information content (AvgIpc) is 3.13. The summed E-state index contributed by atoms with van der Waals surface area (Å²) in [5.74, 6) is 1.40. The molecule has 0 spiro atoms. The van der Waals surface area contributed by atoms with Gasteiger partial charge in [-0.25, -0.2) is 4.68 Å². The fraction of sp³-hybridized carbons (Fsp3) is 0.429. The third kappa shape index (κ3) is 6.90. The van der Waals surface area contributed by atoms with Gasteiger partial charge < -0.3 is 14.2 Å². The van der Waals surface area contributed by atoms with Gasteiger partial charge in [0.15, 0.2) is 0 Å². The van der Waals surface area contributed by atoms with Crippen LogP contribution in [0.3, 0.4) is 0 Å². The van der Waals surface area contributed by atoms with E-state index in [9.17, 15) is 0 Å². The number of rotatable bonds is 10. The molecular weight excluding hydrogens is 342 g/mol. The molecule has 0 saturated heterocycles. The Morgan fingerprint density at radius 2 is 1.74 bits per heavy atom. The summed E-state index contributed by atoms with van der Waals surface area (Å²) in [6.45, 7) is 7.36. The maximum absolute atomic E-state index is 5.70. The quantitative estimate of drug-likeness (QED) is 0.455. The number of nitrogens with zero attached hydrogens (tertiary/aromatic N) is 3. The lowest BCUT2D eigenvalue weighted by Gasteiger charge is -2.07. The van der Waals surface area contributed by atoms with E-state index in [-0.39, 0.29) is 0 Å². The van der Waals surface area contributed by atoms with Crippen LogP contribution in [-0.2, 0) is 11.3 Å². The van der Waals surface area contributed by atoms with Crippen LogP contribution in [0.4, 0.5) is 0 Å². The van der Waals surface area contributed by atoms with Gasteiger partial charge in [0.05, 0.1) is 39.3 Å². The van der Waals surface area contributed by atoms with E-state index in [4.69, 9.17) is 14.2 Å². The minimum Gasteiger partial charge on any atom is -0.497 e. The predicted molar refractivity (Wildman–Crippen MR) is 107 cm³/mol. The largest absolute Gasteiger partial charge is 0.497 e. The van der Waals surface area contributed by atoms with Crippen LogP contribution in [0.15, 0.2) is 47.7 Å². The monoisotopic (exact) mass is 371 g/mol. The van der Waals surface area contributed by atoms with E-state index in [1.165, 1.54) is 11.1 Å². The molecule has 146 valence electrons. The van der Waals surface area contributed by atoms with Crippen LogP contribution in [0, 0.1) is 0 Å². The summed E-state index contributed by atoms with van der Waals surface area (Å²) in [5.41, 5.74) is 4.28. The number of aromatic nitrogens is 3. The normalized spacial score (nSPS) is 11.4. The Morgan fingerprint density at radius 1 is 1.04 bits per heavy atom. The van der Waals surface area contributed by atoms with Crippen LogP contribution in [0.25, 0.3) is 5.69 Å². The summed E-state index contributed by atoms with van der Waals surface area (Å²) in [4.78, 5) is 0. The van der Waals surface area contributed by atoms with Gasteiger partial charge in [0.25, 0.3) is 0 Å². The van der Waals surface area contributed by atoms with Crippen molar-refractivity contribution in [2.75, 3.05) is 20.8 Å². The first-order valence-electron chi connectivity index (χ1n) is 9.03. The molecule has 6 heteroatoms. The van der Waals surface area contributed by atoms with Crippen molar-refractivity contribution in [1.82, 2.24) is 15.0 Å². The number of ether oxygens (including phenoxy) is 3. The van der Waals surface area contributed by atoms with Gasteiger partial charge in [-0.15, -0.1) is 5.10 Å². The van der Waals surface area contributed by atoms with Gasteiger partial charge in [0.1, 0.15) is 17.2 Å². The second-order valence-corrected chi connectivity index (χ2v) is 6.61. The standard InChI is InChI=1S/C21H29N3O3/c1-16(2)7-6-8-17(3)9-10-27-15-18-14-24(23-22-18)19-11-20(25-4)13-21(12-19)26-5/h7,9,11-14H,6,8,10,15H2,1-5H3/b17-9+. The first-order chi connectivity index (χ1) is 13.0. The van der Waals surface area contributed by atoms with Crippen molar-refractivity contribution in [3.63, 3.8) is 0 Å². The molecule has 0 radical (unpaired) electrons. The molecular formula is C21H29N3O3. The molecule has 1 aromatic heterocycles. The number of allylic oxidation sites excluding steroid dienone is 3. The van der Waals surface area contributed by atoms with Crippen LogP contribution >= 0.6 is 0 Å². The second kappa shape index (κ2) is 10.5. The van der Waals surface area contributed by atoms with Crippen molar-refractivity contribution < 1.29 is 14.2 Å². The van der Waals surface area contributed by atoms with Crippen molar-refractivity contribution in [1.29, 1.82) is 0 Å². The number of hydrogen-bond donors (Lipinski definition) is 0. The van der Waals surface area contributed by atoms with Crippen LogP contribution < -0.4 is 9.47 Å². The van der Waals surface area contributed by atoms with Gasteiger partial charge in [-0.05, 0) is 33.6 Å². The molecule has 0 N–H and O–H groups in total. The molecule has 0 aliphatic heterocycles. The molecule has 0 bridgehead atoms. The van der Waals surface area contributed by atoms with Crippen molar-refractivity contribution in [3.8, 4) is 17.2 Å². The Bertz CT molecular complexity index is 767. The Kier molecular flexibility index (Phi) is 8.07. The van der Waals surface area contributed by atoms with Gasteiger partial charge in [-0.3, -0.25) is 0 Å². The van der Waals surface area contributed by atoms with E-state index in [0.29, 0.717) is 24.7 Å². The summed E-state index contributed by atoms with van der Waals surface area (Å²) < 4.78 is 18.0. The lowest BCUT2D eigenvalue weighted by molar-refractivity contribution is 0.145. The zero-order valence-electron chi connectivity index (χ0n) is 16.9. The Balaban J connectivity index is 1.88. The molecule has 0 aliphatic carbocycles. The molecule has 1 aromatic carbocycles. The van der Waals surface area contributed by atoms with Crippen LogP contribution in [0.5, 0.6) is 11.5 Å². The maximum Gasteiger partial charge on any atom is 0.124 e. The minimum absolute atomic E-state index is 0.416. The summed E-state index contributed by atoms with van der Waals surface area (Å²) in [6.07, 6.45) is 8.35. The topological polar surface area (TPSA) is 58.4 Å². The average molecular weight is 371 g/mol. The molecule has 0 fully saturated rings. The lowest BCUT2D eigenvalue weighted by atomic mass is 10.1. The summed E-state index contributed by atoms with van der Waals surface area (Å²) in [6, 6.07) is 5.57. The zero-order chi connectivity index (χ0) is 19.6. The summed E-state index contributed by atoms with van der Waals surface area (Å²) in [7, 11) is 3.24. The number of benzene rings is 1. The van der Waals surface area contributed by atoms with Crippen molar-refractivity contribution in [3.05, 3.63) is 53.4 Å². The first kappa shape index (κ1) is 20.7. The highest BCUT2D eigenvalue weighted by Crippen LogP contribution is 2.24. The highest BCUT2D eigenvalue weighted by molar-refractivity contribution is 5.46. The Labute approximate surface area is 161 Å². The highest BCUT2D eigenvalue weighted by atomic mass is 16.5. The second-order valence-electron chi connectivity index (χ2n) is 6.61. The lowest BCUT2D eigenvalue weighted by Crippen LogP contribution is -1.97. The molecule has 0 saturated carbocycles. The van der Waals surface area contributed by atoms with Gasteiger partial charge >= 0.3 is 0 Å². The van der Waals surface area contributed by atoms with E-state index in [1.807, 2.05) is 24.4 Å². The van der Waals surface area contributed by atoms with Gasteiger partial charge in [-0.1, -0.05) is 28.5 Å². The van der Waals surface area contributed by atoms with Crippen molar-refractivity contribution in [2.24, 2.45) is 0 Å². The summed E-state index contributed by atoms with van der Waals surface area (Å²) >= 11 is 0. The van der Waals surface area contributed by atoms with Gasteiger partial charge in [0, 0.05) is 18.2 Å². The molecule has 27 heavy (non-hydrogen) atoms. The highest BCUT2D eigenvalue weighted by Gasteiger charge is 2.07. The molecule has 0 unspecified atom stereocenters. The molecule has 0 amide bonds. The van der Waals surface area contributed by atoms with Crippen LogP contribution in [-0.4, -0.2) is 35.8 Å². The smallest absolute Gasteiger partial charge is 0.124 e. The molecule has 0 atom stereocenters. The van der Waals surface area contributed by atoms with E-state index in [1.54, 1.807) is 18.9 Å². The van der Waals surface area contributed by atoms with Crippen LogP contribution in [0.2, 0.25) is 0 Å². The maximum atomic E-state index is 5.70. The fourth-order valence-electron chi connectivity index (χ4n) is 2.47.